The lowest BCUT2D eigenvalue weighted by Crippen LogP contribution is -1.07. The minimum atomic E-state index is -0.640. The second-order valence-electron chi connectivity index (χ2n) is 0.144. The van der Waals surface area contributed by atoms with Crippen molar-refractivity contribution in [1.82, 2.24) is 0 Å². The van der Waals surface area contributed by atoms with Crippen LogP contribution in [0.2, 0.25) is 0 Å². The molecule has 0 aliphatic carbocycles. The molecule has 0 N–H and O–H groups in total. The third-order valence-electron chi connectivity index (χ3n) is 0.0282. The zero-order chi connectivity index (χ0) is 3.41. The van der Waals surface area contributed by atoms with Gasteiger partial charge in [-0.1, -0.05) is 0 Å². The van der Waals surface area contributed by atoms with Gasteiger partial charge in [-0.2, -0.15) is 4.20 Å². The highest BCUT2D eigenvalue weighted by Gasteiger charge is 1.40. The number of hydrogen-bond acceptors (Lipinski definition) is 1. The van der Waals surface area contributed by atoms with Crippen molar-refractivity contribution in [3.05, 3.63) is 0 Å². The van der Waals surface area contributed by atoms with E-state index in [4.69, 9.17) is 4.21 Å². The van der Waals surface area contributed by atoms with Crippen molar-refractivity contribution >= 4 is 18.5 Å². The van der Waals surface area contributed by atoms with E-state index in [0.717, 1.165) is 0 Å². The molecule has 0 atom stereocenters. The third-order valence-corrected chi connectivity index (χ3v) is 0.254. The molecule has 0 aromatic carbocycles. The fourth-order valence-electron chi connectivity index (χ4n) is 0. The van der Waals surface area contributed by atoms with Gasteiger partial charge >= 0.3 is 0 Å². The molecule has 4 heteroatoms. The van der Waals surface area contributed by atoms with Crippen molar-refractivity contribution in [3.63, 3.8) is 0 Å². The first kappa shape index (κ1) is 4.25. The van der Waals surface area contributed by atoms with Gasteiger partial charge in [0.25, 0.3) is 0 Å². The highest BCUT2D eigenvalue weighted by Crippen LogP contribution is 1.86. The van der Waals surface area contributed by atoms with Crippen LogP contribution in [0.4, 0.5) is 4.20 Å². The molecule has 0 aliphatic heterocycles. The molecular formula is FOPS. The Balaban J connectivity index is 3.11. The Morgan fingerprint density at radius 3 is 2.25 bits per heavy atom. The number of hydrogen-bond donors (Lipinski definition) is 0. The van der Waals surface area contributed by atoms with E-state index in [2.05, 4.69) is 0 Å². The smallest absolute Gasteiger partial charge is 0.205 e. The second kappa shape index (κ2) is 3.25. The van der Waals surface area contributed by atoms with Crippen molar-refractivity contribution in [3.8, 4) is 0 Å². The van der Waals surface area contributed by atoms with Gasteiger partial charge in [0, 0.05) is 0 Å². The molecule has 0 unspecified atom stereocenters. The van der Waals surface area contributed by atoms with Gasteiger partial charge in [-0.15, -0.1) is 0 Å². The van der Waals surface area contributed by atoms with Gasteiger partial charge in [0.15, 0.2) is 10.8 Å². The van der Waals surface area contributed by atoms with E-state index >= 15 is 0 Å². The Morgan fingerprint density at radius 1 is 2.00 bits per heavy atom. The first-order valence-electron chi connectivity index (χ1n) is 0.518. The van der Waals surface area contributed by atoms with Crippen molar-refractivity contribution in [2.45, 2.75) is 0 Å². The molecule has 0 rings (SSSR count). The maximum Gasteiger partial charge on any atom is 0.223 e. The summed E-state index contributed by atoms with van der Waals surface area (Å²) in [7, 11) is -0.728. The van der Waals surface area contributed by atoms with Gasteiger partial charge < -0.3 is 0 Å². The summed E-state index contributed by atoms with van der Waals surface area (Å²) in [5, 5.41) is 0. The fourth-order valence-corrected chi connectivity index (χ4v) is 0. The van der Waals surface area contributed by atoms with Crippen molar-refractivity contribution in [1.29, 1.82) is 0 Å². The summed E-state index contributed by atoms with van der Waals surface area (Å²) in [5.74, 6) is 0. The summed E-state index contributed by atoms with van der Waals surface area (Å²) < 4.78 is 19.2. The van der Waals surface area contributed by atoms with E-state index in [9.17, 15) is 4.20 Å². The van der Waals surface area contributed by atoms with Crippen LogP contribution >= 0.6 is 7.67 Å². The van der Waals surface area contributed by atoms with E-state index in [1.54, 1.807) is 0 Å². The first-order chi connectivity index (χ1) is 1.91. The third kappa shape index (κ3) is 2.25. The van der Waals surface area contributed by atoms with Gasteiger partial charge in [0.2, 0.25) is 7.67 Å². The van der Waals surface area contributed by atoms with Crippen molar-refractivity contribution in [2.75, 3.05) is 0 Å². The normalized spacial score (nSPS) is 7.25. The molecule has 0 aromatic heterocycles. The molecule has 0 saturated heterocycles. The van der Waals surface area contributed by atoms with Gasteiger partial charge in [-0.3, -0.25) is 0 Å². The molecule has 0 fully saturated rings. The van der Waals surface area contributed by atoms with Crippen LogP contribution in [-0.2, 0) is 10.8 Å². The summed E-state index contributed by atoms with van der Waals surface area (Å²) in [4.78, 5) is 0. The van der Waals surface area contributed by atoms with Crippen LogP contribution in [0, 0.1) is 0 Å². The van der Waals surface area contributed by atoms with E-state index in [1.807, 2.05) is 0 Å². The summed E-state index contributed by atoms with van der Waals surface area (Å²) >= 11 is 0. The monoisotopic (exact) mass is 97.9 g/mol. The summed E-state index contributed by atoms with van der Waals surface area (Å²) in [5.41, 5.74) is 0. The van der Waals surface area contributed by atoms with E-state index in [0.29, 0.717) is 0 Å². The molecule has 24 valence electrons. The van der Waals surface area contributed by atoms with Crippen molar-refractivity contribution < 1.29 is 8.41 Å². The van der Waals surface area contributed by atoms with Crippen LogP contribution in [-0.4, -0.2) is 4.21 Å². The molecule has 0 aliphatic rings. The minimum absolute atomic E-state index is 0.0880. The van der Waals surface area contributed by atoms with E-state index in [1.165, 1.54) is 0 Å². The molecular weight excluding hydrogens is 98.0 g/mol. The number of rotatable bonds is 0. The molecule has 0 radical (unpaired) electrons. The van der Waals surface area contributed by atoms with Gasteiger partial charge in [-0.25, -0.2) is 4.21 Å². The fraction of sp³-hybridized carbons (Fsp3) is 0. The summed E-state index contributed by atoms with van der Waals surface area (Å²) in [6.45, 7) is 0. The standard InChI is InChI=1S/FOPS/c1-3-4-2. The Bertz CT molecular complexity index is 46.0. The zero-order valence-corrected chi connectivity index (χ0v) is 3.35. The van der Waals surface area contributed by atoms with Crippen LogP contribution in [0.5, 0.6) is 0 Å². The minimum Gasteiger partial charge on any atom is -0.205 e. The van der Waals surface area contributed by atoms with Crippen molar-refractivity contribution in [2.24, 2.45) is 0 Å². The van der Waals surface area contributed by atoms with E-state index < -0.39 is 7.67 Å². The predicted octanol–water partition coefficient (Wildman–Crippen LogP) is 0.945. The van der Waals surface area contributed by atoms with Gasteiger partial charge in [-0.05, 0) is 0 Å². The Labute approximate surface area is 27.9 Å². The maximum atomic E-state index is 10.3. The summed E-state index contributed by atoms with van der Waals surface area (Å²) in [6, 6.07) is 0. The molecule has 0 heterocycles. The molecule has 0 amide bonds. The Hall–Kier alpha value is 0.250. The zero-order valence-electron chi connectivity index (χ0n) is 1.64. The molecule has 0 spiro atoms. The van der Waals surface area contributed by atoms with Crippen LogP contribution in [0.15, 0.2) is 0 Å². The predicted molar refractivity (Wildman–Crippen MR) is 16.2 cm³/mol. The molecule has 0 bridgehead atoms. The SMILES string of the molecule is O=S=PF. The highest BCUT2D eigenvalue weighted by molar-refractivity contribution is 7.98. The van der Waals surface area contributed by atoms with E-state index in [-0.39, 0.29) is 10.8 Å². The lowest BCUT2D eigenvalue weighted by atomic mass is 16.0. The van der Waals surface area contributed by atoms with Crippen LogP contribution in [0.3, 0.4) is 0 Å². The van der Waals surface area contributed by atoms with Crippen LogP contribution in [0.25, 0.3) is 0 Å². The van der Waals surface area contributed by atoms with Crippen LogP contribution < -0.4 is 0 Å². The topological polar surface area (TPSA) is 17.1 Å². The molecule has 1 nitrogen and oxygen atoms in total. The largest absolute Gasteiger partial charge is 0.223 e. The second-order valence-corrected chi connectivity index (χ2v) is 1.29. The van der Waals surface area contributed by atoms with Gasteiger partial charge in [0.05, 0.1) is 0 Å². The summed E-state index contributed by atoms with van der Waals surface area (Å²) in [6.07, 6.45) is 0. The Morgan fingerprint density at radius 2 is 2.25 bits per heavy atom. The Kier molecular flexibility index (Phi) is 3.45. The van der Waals surface area contributed by atoms with Crippen LogP contribution in [0.1, 0.15) is 0 Å². The average Bonchev–Trinajstić information content (AvgIpc) is 1.37. The molecule has 0 aromatic rings. The lowest BCUT2D eigenvalue weighted by molar-refractivity contribution is 0.701. The molecule has 0 saturated carbocycles. The average molecular weight is 98.0 g/mol. The lowest BCUT2D eigenvalue weighted by Gasteiger charge is -1.25. The molecule has 4 heavy (non-hydrogen) atoms. The highest BCUT2D eigenvalue weighted by atomic mass is 32.5. The first-order valence-corrected chi connectivity index (χ1v) is 2.65. The maximum absolute atomic E-state index is 10.3. The van der Waals surface area contributed by atoms with Gasteiger partial charge in [0.1, 0.15) is 0 Å². The number of halogens is 1. The quantitative estimate of drug-likeness (QED) is 0.412.